The molecule has 1 aromatic carbocycles. The molecule has 0 fully saturated rings. The number of nitriles is 1. The first-order valence-corrected chi connectivity index (χ1v) is 6.20. The number of rotatable bonds is 4. The fourth-order valence-electron chi connectivity index (χ4n) is 1.71. The Morgan fingerprint density at radius 3 is 2.53 bits per heavy atom. The molecule has 0 saturated heterocycles. The summed E-state index contributed by atoms with van der Waals surface area (Å²) in [6.45, 7) is 1.71. The molecule has 0 saturated carbocycles. The summed E-state index contributed by atoms with van der Waals surface area (Å²) in [4.78, 5) is 1.46. The summed E-state index contributed by atoms with van der Waals surface area (Å²) in [6, 6.07) is 5.67. The van der Waals surface area contributed by atoms with E-state index in [-0.39, 0.29) is 24.0 Å². The Bertz CT molecular complexity index is 480. The van der Waals surface area contributed by atoms with Crippen molar-refractivity contribution in [3.63, 3.8) is 0 Å². The quantitative estimate of drug-likeness (QED) is 0.778. The van der Waals surface area contributed by atoms with E-state index in [0.717, 1.165) is 6.07 Å². The van der Waals surface area contributed by atoms with Crippen LogP contribution < -0.4 is 4.90 Å². The zero-order valence-electron chi connectivity index (χ0n) is 10.6. The summed E-state index contributed by atoms with van der Waals surface area (Å²) in [5.74, 6) is 0.0286. The maximum Gasteiger partial charge on any atom is 0.418 e. The molecule has 0 aromatic heterocycles. The van der Waals surface area contributed by atoms with Crippen LogP contribution in [0.15, 0.2) is 18.2 Å². The zero-order valence-corrected chi connectivity index (χ0v) is 11.4. The van der Waals surface area contributed by atoms with Crippen LogP contribution in [-0.2, 0) is 12.1 Å². The van der Waals surface area contributed by atoms with Crippen molar-refractivity contribution >= 4 is 17.3 Å². The van der Waals surface area contributed by atoms with Crippen molar-refractivity contribution in [2.75, 3.05) is 11.9 Å². The van der Waals surface area contributed by atoms with E-state index in [1.165, 1.54) is 11.0 Å². The number of hydrogen-bond donors (Lipinski definition) is 0. The van der Waals surface area contributed by atoms with Crippen molar-refractivity contribution in [2.45, 2.75) is 31.4 Å². The molecule has 1 unspecified atom stereocenters. The lowest BCUT2D eigenvalue weighted by Crippen LogP contribution is -2.30. The van der Waals surface area contributed by atoms with Crippen LogP contribution in [0.3, 0.4) is 0 Å². The fourth-order valence-corrected chi connectivity index (χ4v) is 1.87. The molecule has 0 aliphatic rings. The Kier molecular flexibility index (Phi) is 5.07. The van der Waals surface area contributed by atoms with Crippen LogP contribution in [0.25, 0.3) is 0 Å². The molecule has 1 atom stereocenters. The van der Waals surface area contributed by atoms with Crippen LogP contribution >= 0.6 is 11.6 Å². The van der Waals surface area contributed by atoms with Crippen LogP contribution in [0.4, 0.5) is 18.9 Å². The highest BCUT2D eigenvalue weighted by Gasteiger charge is 2.35. The highest BCUT2D eigenvalue weighted by atomic mass is 35.5. The van der Waals surface area contributed by atoms with E-state index in [2.05, 4.69) is 0 Å². The Morgan fingerprint density at radius 2 is 2.05 bits per heavy atom. The van der Waals surface area contributed by atoms with E-state index in [0.29, 0.717) is 5.56 Å². The first-order chi connectivity index (χ1) is 8.81. The smallest absolute Gasteiger partial charge is 0.370 e. The van der Waals surface area contributed by atoms with E-state index >= 15 is 0 Å². The van der Waals surface area contributed by atoms with E-state index in [9.17, 15) is 13.2 Å². The van der Waals surface area contributed by atoms with Crippen molar-refractivity contribution in [1.82, 2.24) is 0 Å². The normalized spacial score (nSPS) is 12.9. The van der Waals surface area contributed by atoms with Gasteiger partial charge in [0.05, 0.1) is 18.1 Å². The number of hydrogen-bond acceptors (Lipinski definition) is 2. The highest BCUT2D eigenvalue weighted by molar-refractivity contribution is 6.17. The lowest BCUT2D eigenvalue weighted by Gasteiger charge is -2.28. The SMILES string of the molecule is CC(CC#N)N(C)c1ccc(CCl)cc1C(F)(F)F. The van der Waals surface area contributed by atoms with Gasteiger partial charge in [0.1, 0.15) is 0 Å². The Hall–Kier alpha value is -1.41. The summed E-state index contributed by atoms with van der Waals surface area (Å²) < 4.78 is 39.1. The molecular weight excluding hydrogens is 277 g/mol. The topological polar surface area (TPSA) is 27.0 Å². The summed E-state index contributed by atoms with van der Waals surface area (Å²) >= 11 is 5.57. The van der Waals surface area contributed by atoms with Crippen molar-refractivity contribution in [1.29, 1.82) is 5.26 Å². The molecule has 104 valence electrons. The molecule has 0 spiro atoms. The molecule has 0 N–H and O–H groups in total. The third-order valence-electron chi connectivity index (χ3n) is 2.95. The second-order valence-electron chi connectivity index (χ2n) is 4.31. The first-order valence-electron chi connectivity index (χ1n) is 5.67. The maximum absolute atomic E-state index is 13.0. The number of nitrogens with zero attached hydrogens (tertiary/aromatic N) is 2. The average molecular weight is 291 g/mol. The predicted molar refractivity (Wildman–Crippen MR) is 69.1 cm³/mol. The van der Waals surface area contributed by atoms with Gasteiger partial charge >= 0.3 is 6.18 Å². The lowest BCUT2D eigenvalue weighted by molar-refractivity contribution is -0.137. The van der Waals surface area contributed by atoms with Gasteiger partial charge < -0.3 is 4.90 Å². The minimum Gasteiger partial charge on any atom is -0.370 e. The molecule has 0 aliphatic heterocycles. The van der Waals surface area contributed by atoms with Gasteiger partial charge in [-0.15, -0.1) is 11.6 Å². The molecule has 0 bridgehead atoms. The third kappa shape index (κ3) is 3.77. The van der Waals surface area contributed by atoms with Gasteiger partial charge in [0.2, 0.25) is 0 Å². The van der Waals surface area contributed by atoms with Crippen LogP contribution in [0.5, 0.6) is 0 Å². The number of halogens is 4. The summed E-state index contributed by atoms with van der Waals surface area (Å²) in [6.07, 6.45) is -4.29. The first kappa shape index (κ1) is 15.6. The second-order valence-corrected chi connectivity index (χ2v) is 4.57. The minimum absolute atomic E-state index is 0.0286. The third-order valence-corrected chi connectivity index (χ3v) is 3.26. The van der Waals surface area contributed by atoms with E-state index < -0.39 is 11.7 Å². The summed E-state index contributed by atoms with van der Waals surface area (Å²) in [5, 5.41) is 8.63. The van der Waals surface area contributed by atoms with Gasteiger partial charge in [-0.3, -0.25) is 0 Å². The van der Waals surface area contributed by atoms with E-state index in [1.54, 1.807) is 20.0 Å². The van der Waals surface area contributed by atoms with Gasteiger partial charge in [-0.05, 0) is 24.6 Å². The van der Waals surface area contributed by atoms with Crippen molar-refractivity contribution in [3.8, 4) is 6.07 Å². The minimum atomic E-state index is -4.45. The molecular formula is C13H14ClF3N2. The van der Waals surface area contributed by atoms with Crippen LogP contribution in [0.1, 0.15) is 24.5 Å². The second kappa shape index (κ2) is 6.16. The number of benzene rings is 1. The number of alkyl halides is 4. The van der Waals surface area contributed by atoms with Crippen LogP contribution in [-0.4, -0.2) is 13.1 Å². The van der Waals surface area contributed by atoms with Gasteiger partial charge in [0.15, 0.2) is 0 Å². The summed E-state index contributed by atoms with van der Waals surface area (Å²) in [7, 11) is 1.55. The zero-order chi connectivity index (χ0) is 14.6. The van der Waals surface area contributed by atoms with E-state index in [4.69, 9.17) is 16.9 Å². The van der Waals surface area contributed by atoms with E-state index in [1.807, 2.05) is 6.07 Å². The van der Waals surface area contributed by atoms with Gasteiger partial charge in [0, 0.05) is 24.7 Å². The fraction of sp³-hybridized carbons (Fsp3) is 0.462. The van der Waals surface area contributed by atoms with Crippen molar-refractivity contribution in [2.24, 2.45) is 0 Å². The Morgan fingerprint density at radius 1 is 1.42 bits per heavy atom. The molecule has 2 nitrogen and oxygen atoms in total. The Balaban J connectivity index is 3.24. The van der Waals surface area contributed by atoms with Crippen molar-refractivity contribution in [3.05, 3.63) is 29.3 Å². The van der Waals surface area contributed by atoms with Crippen molar-refractivity contribution < 1.29 is 13.2 Å². The Labute approximate surface area is 115 Å². The highest BCUT2D eigenvalue weighted by Crippen LogP contribution is 2.37. The molecule has 19 heavy (non-hydrogen) atoms. The van der Waals surface area contributed by atoms with Gasteiger partial charge in [-0.2, -0.15) is 18.4 Å². The standard InChI is InChI=1S/C13H14ClF3N2/c1-9(5-6-18)19(2)12-4-3-10(8-14)7-11(12)13(15,16)17/h3-4,7,9H,5,8H2,1-2H3. The molecule has 1 rings (SSSR count). The largest absolute Gasteiger partial charge is 0.418 e. The van der Waals surface area contributed by atoms with Crippen LogP contribution in [0.2, 0.25) is 0 Å². The maximum atomic E-state index is 13.0. The van der Waals surface area contributed by atoms with Crippen LogP contribution in [0, 0.1) is 11.3 Å². The average Bonchev–Trinajstić information content (AvgIpc) is 2.36. The molecule has 0 radical (unpaired) electrons. The van der Waals surface area contributed by atoms with Gasteiger partial charge in [-0.1, -0.05) is 6.07 Å². The predicted octanol–water partition coefficient (Wildman–Crippen LogP) is 4.18. The molecule has 0 heterocycles. The molecule has 0 amide bonds. The molecule has 6 heteroatoms. The van der Waals surface area contributed by atoms with Gasteiger partial charge in [-0.25, -0.2) is 0 Å². The van der Waals surface area contributed by atoms with Gasteiger partial charge in [0.25, 0.3) is 0 Å². The molecule has 1 aromatic rings. The molecule has 0 aliphatic carbocycles. The number of anilines is 1. The monoisotopic (exact) mass is 290 g/mol. The summed E-state index contributed by atoms with van der Waals surface area (Å²) in [5.41, 5.74) is -0.249. The lowest BCUT2D eigenvalue weighted by atomic mass is 10.1.